The zero-order valence-corrected chi connectivity index (χ0v) is 10.1. The molecule has 1 N–H and O–H groups in total. The molecule has 90 valence electrons. The minimum absolute atomic E-state index is 0.206. The molecule has 3 nitrogen and oxygen atoms in total. The van der Waals surface area contributed by atoms with Gasteiger partial charge in [0.05, 0.1) is 12.7 Å². The van der Waals surface area contributed by atoms with Gasteiger partial charge in [-0.25, -0.2) is 0 Å². The van der Waals surface area contributed by atoms with E-state index in [-0.39, 0.29) is 6.10 Å². The summed E-state index contributed by atoms with van der Waals surface area (Å²) in [5.41, 5.74) is 0.846. The number of hydrogen-bond donors (Lipinski definition) is 1. The molecule has 0 spiro atoms. The predicted octanol–water partition coefficient (Wildman–Crippen LogP) is 2.54. The molecule has 1 aromatic carbocycles. The topological polar surface area (TPSA) is 38.7 Å². The maximum Gasteiger partial charge on any atom is 0.119 e. The summed E-state index contributed by atoms with van der Waals surface area (Å²) >= 11 is 0. The van der Waals surface area contributed by atoms with E-state index in [1.807, 2.05) is 31.2 Å². The lowest BCUT2D eigenvalue weighted by Crippen LogP contribution is -2.16. The largest absolute Gasteiger partial charge is 0.494 e. The minimum Gasteiger partial charge on any atom is -0.494 e. The molecule has 0 bridgehead atoms. The lowest BCUT2D eigenvalue weighted by Gasteiger charge is -2.17. The van der Waals surface area contributed by atoms with E-state index >= 15 is 0 Å². The average molecular weight is 224 g/mol. The zero-order valence-electron chi connectivity index (χ0n) is 10.1. The number of methoxy groups -OCH3 is 1. The molecule has 0 aliphatic rings. The van der Waals surface area contributed by atoms with Crippen LogP contribution in [0.25, 0.3) is 0 Å². The van der Waals surface area contributed by atoms with Gasteiger partial charge >= 0.3 is 0 Å². The Bertz CT molecular complexity index is 295. The first kappa shape index (κ1) is 13.0. The Hall–Kier alpha value is -1.06. The third-order valence-electron chi connectivity index (χ3n) is 2.51. The van der Waals surface area contributed by atoms with Gasteiger partial charge in [-0.3, -0.25) is 0 Å². The van der Waals surface area contributed by atoms with Crippen molar-refractivity contribution in [2.75, 3.05) is 13.7 Å². The molecule has 0 saturated carbocycles. The van der Waals surface area contributed by atoms with E-state index in [0.717, 1.165) is 24.3 Å². The summed E-state index contributed by atoms with van der Waals surface area (Å²) in [6, 6.07) is 7.48. The van der Waals surface area contributed by atoms with Crippen LogP contribution in [-0.2, 0) is 4.74 Å². The van der Waals surface area contributed by atoms with Crippen LogP contribution in [0.2, 0.25) is 0 Å². The van der Waals surface area contributed by atoms with Crippen molar-refractivity contribution in [3.8, 4) is 5.75 Å². The highest BCUT2D eigenvalue weighted by atomic mass is 16.5. The van der Waals surface area contributed by atoms with Crippen molar-refractivity contribution >= 4 is 0 Å². The van der Waals surface area contributed by atoms with Gasteiger partial charge in [0.15, 0.2) is 0 Å². The minimum atomic E-state index is -0.592. The lowest BCUT2D eigenvalue weighted by molar-refractivity contribution is -0.00144. The summed E-state index contributed by atoms with van der Waals surface area (Å²) in [6.45, 7) is 4.63. The normalized spacial score (nSPS) is 14.5. The van der Waals surface area contributed by atoms with Gasteiger partial charge < -0.3 is 14.6 Å². The van der Waals surface area contributed by atoms with Gasteiger partial charge in [-0.2, -0.15) is 0 Å². The van der Waals surface area contributed by atoms with Crippen molar-refractivity contribution in [2.24, 2.45) is 0 Å². The smallest absolute Gasteiger partial charge is 0.119 e. The van der Waals surface area contributed by atoms with Crippen LogP contribution in [0.4, 0.5) is 0 Å². The van der Waals surface area contributed by atoms with E-state index in [4.69, 9.17) is 9.47 Å². The van der Waals surface area contributed by atoms with Crippen LogP contribution < -0.4 is 4.74 Å². The first-order valence-corrected chi connectivity index (χ1v) is 5.62. The molecule has 2 unspecified atom stereocenters. The third-order valence-corrected chi connectivity index (χ3v) is 2.51. The maximum absolute atomic E-state index is 9.89. The Morgan fingerprint density at radius 1 is 1.25 bits per heavy atom. The highest BCUT2D eigenvalue weighted by Crippen LogP contribution is 2.21. The van der Waals surface area contributed by atoms with Crippen LogP contribution in [-0.4, -0.2) is 24.9 Å². The first-order chi connectivity index (χ1) is 7.69. The van der Waals surface area contributed by atoms with Crippen molar-refractivity contribution in [1.82, 2.24) is 0 Å². The van der Waals surface area contributed by atoms with Gasteiger partial charge in [-0.05, 0) is 31.0 Å². The molecule has 0 aliphatic carbocycles. The number of aliphatic hydroxyl groups is 1. The van der Waals surface area contributed by atoms with Crippen molar-refractivity contribution in [2.45, 2.75) is 32.5 Å². The Labute approximate surface area is 97.0 Å². The van der Waals surface area contributed by atoms with Gasteiger partial charge in [0.25, 0.3) is 0 Å². The van der Waals surface area contributed by atoms with Gasteiger partial charge in [-0.1, -0.05) is 19.1 Å². The van der Waals surface area contributed by atoms with Crippen molar-refractivity contribution in [3.63, 3.8) is 0 Å². The Balaban J connectivity index is 2.63. The average Bonchev–Trinajstić information content (AvgIpc) is 2.35. The Kier molecular flexibility index (Phi) is 5.29. The highest BCUT2D eigenvalue weighted by Gasteiger charge is 2.15. The van der Waals surface area contributed by atoms with E-state index in [0.29, 0.717) is 0 Å². The fourth-order valence-corrected chi connectivity index (χ4v) is 1.38. The maximum atomic E-state index is 9.89. The zero-order chi connectivity index (χ0) is 12.0. The molecule has 0 aliphatic heterocycles. The van der Waals surface area contributed by atoms with Crippen LogP contribution in [0.1, 0.15) is 31.9 Å². The van der Waals surface area contributed by atoms with Crippen LogP contribution in [0.5, 0.6) is 5.75 Å². The van der Waals surface area contributed by atoms with Crippen molar-refractivity contribution in [1.29, 1.82) is 0 Å². The molecule has 0 saturated heterocycles. The number of hydrogen-bond acceptors (Lipinski definition) is 3. The molecule has 0 aromatic heterocycles. The third kappa shape index (κ3) is 3.51. The van der Waals surface area contributed by atoms with Crippen LogP contribution >= 0.6 is 0 Å². The molecular weight excluding hydrogens is 204 g/mol. The van der Waals surface area contributed by atoms with Gasteiger partial charge in [0.1, 0.15) is 11.9 Å². The summed E-state index contributed by atoms with van der Waals surface area (Å²) in [5, 5.41) is 9.89. The molecule has 0 radical (unpaired) electrons. The first-order valence-electron chi connectivity index (χ1n) is 5.62. The van der Waals surface area contributed by atoms with E-state index in [9.17, 15) is 5.11 Å². The second-order valence-electron chi connectivity index (χ2n) is 3.80. The van der Waals surface area contributed by atoms with Crippen molar-refractivity contribution < 1.29 is 14.6 Å². The summed E-state index contributed by atoms with van der Waals surface area (Å²) in [6.07, 6.45) is 0.193. The summed E-state index contributed by atoms with van der Waals surface area (Å²) in [7, 11) is 1.59. The van der Waals surface area contributed by atoms with Gasteiger partial charge in [-0.15, -0.1) is 0 Å². The highest BCUT2D eigenvalue weighted by molar-refractivity contribution is 5.28. The number of benzene rings is 1. The monoisotopic (exact) mass is 224 g/mol. The lowest BCUT2D eigenvalue weighted by atomic mass is 10.1. The molecule has 1 aromatic rings. The van der Waals surface area contributed by atoms with Crippen LogP contribution in [0, 0.1) is 0 Å². The predicted molar refractivity (Wildman–Crippen MR) is 63.7 cm³/mol. The molecule has 0 heterocycles. The van der Waals surface area contributed by atoms with Gasteiger partial charge in [0, 0.05) is 7.11 Å². The second-order valence-corrected chi connectivity index (χ2v) is 3.80. The van der Waals surface area contributed by atoms with Crippen LogP contribution in [0.3, 0.4) is 0 Å². The summed E-state index contributed by atoms with van der Waals surface area (Å²) in [5.74, 6) is 0.836. The SMILES string of the molecule is CCCOc1ccc(C(O)C(C)OC)cc1. The quantitative estimate of drug-likeness (QED) is 0.807. The fraction of sp³-hybridized carbons (Fsp3) is 0.538. The molecule has 0 amide bonds. The Morgan fingerprint density at radius 3 is 2.38 bits per heavy atom. The molecule has 3 heteroatoms. The van der Waals surface area contributed by atoms with E-state index in [2.05, 4.69) is 6.92 Å². The number of aliphatic hydroxyl groups excluding tert-OH is 1. The fourth-order valence-electron chi connectivity index (χ4n) is 1.38. The standard InChI is InChI=1S/C13H20O3/c1-4-9-16-12-7-5-11(6-8-12)13(14)10(2)15-3/h5-8,10,13-14H,4,9H2,1-3H3. The molecule has 1 rings (SSSR count). The molecule has 16 heavy (non-hydrogen) atoms. The Morgan fingerprint density at radius 2 is 1.88 bits per heavy atom. The number of rotatable bonds is 6. The van der Waals surface area contributed by atoms with E-state index < -0.39 is 6.10 Å². The van der Waals surface area contributed by atoms with Crippen LogP contribution in [0.15, 0.2) is 24.3 Å². The second kappa shape index (κ2) is 6.51. The van der Waals surface area contributed by atoms with Crippen molar-refractivity contribution in [3.05, 3.63) is 29.8 Å². The van der Waals surface area contributed by atoms with Gasteiger partial charge in [0.2, 0.25) is 0 Å². The van der Waals surface area contributed by atoms with E-state index in [1.54, 1.807) is 7.11 Å². The summed E-state index contributed by atoms with van der Waals surface area (Å²) in [4.78, 5) is 0. The number of ether oxygens (including phenoxy) is 2. The van der Waals surface area contributed by atoms with E-state index in [1.165, 1.54) is 0 Å². The molecule has 2 atom stereocenters. The molecule has 0 fully saturated rings. The molecular formula is C13H20O3. The summed E-state index contributed by atoms with van der Waals surface area (Å²) < 4.78 is 10.5.